The predicted molar refractivity (Wildman–Crippen MR) is 101 cm³/mol. The monoisotopic (exact) mass is 446 g/mol. The van der Waals surface area contributed by atoms with Gasteiger partial charge in [0.2, 0.25) is 0 Å². The summed E-state index contributed by atoms with van der Waals surface area (Å²) in [6, 6.07) is 8.12. The first-order valence-electron chi connectivity index (χ1n) is 9.13. The molecule has 0 N–H and O–H groups in total. The molecule has 1 aliphatic carbocycles. The van der Waals surface area contributed by atoms with E-state index in [-0.39, 0.29) is 5.56 Å². The zero-order chi connectivity index (χ0) is 20.1. The molecule has 1 saturated carbocycles. The average Bonchev–Trinajstić information content (AvgIpc) is 2.61. The summed E-state index contributed by atoms with van der Waals surface area (Å²) in [6.07, 6.45) is 1.36. The van der Waals surface area contributed by atoms with Gasteiger partial charge >= 0.3 is 17.9 Å². The number of carbonyl (C=O) groups is 2. The summed E-state index contributed by atoms with van der Waals surface area (Å²) < 4.78 is 38.4. The zero-order valence-electron chi connectivity index (χ0n) is 15.6. The van der Waals surface area contributed by atoms with E-state index in [2.05, 4.69) is 15.9 Å². The molecule has 0 radical (unpaired) electrons. The molecule has 1 unspecified atom stereocenters. The first-order chi connectivity index (χ1) is 12.6. The van der Waals surface area contributed by atoms with Crippen molar-refractivity contribution in [2.24, 2.45) is 0 Å². The minimum atomic E-state index is -3.75. The molecule has 0 bridgehead atoms. The van der Waals surface area contributed by atoms with Crippen LogP contribution in [0.1, 0.15) is 62.7 Å². The molecule has 1 aromatic carbocycles. The van der Waals surface area contributed by atoms with Crippen LogP contribution in [0.4, 0.5) is 8.78 Å². The topological polar surface area (TPSA) is 52.6 Å². The second-order valence-corrected chi connectivity index (χ2v) is 9.44. The molecular weight excluding hydrogens is 422 g/mol. The maximum atomic E-state index is 14.5. The fourth-order valence-electron chi connectivity index (χ4n) is 2.93. The Bertz CT molecular complexity index is 637. The summed E-state index contributed by atoms with van der Waals surface area (Å²) in [5, 5.41) is 0. The van der Waals surface area contributed by atoms with Gasteiger partial charge in [0.05, 0.1) is 16.3 Å². The maximum absolute atomic E-state index is 14.5. The highest BCUT2D eigenvalue weighted by molar-refractivity contribution is 9.10. The van der Waals surface area contributed by atoms with E-state index in [1.165, 1.54) is 12.1 Å². The molecule has 0 saturated heterocycles. The smallest absolute Gasteiger partial charge is 0.377 e. The number of esters is 2. The fourth-order valence-corrected chi connectivity index (χ4v) is 3.19. The Morgan fingerprint density at radius 1 is 1.15 bits per heavy atom. The van der Waals surface area contributed by atoms with Crippen LogP contribution in [0.2, 0.25) is 0 Å². The van der Waals surface area contributed by atoms with Crippen molar-refractivity contribution in [3.63, 3.8) is 0 Å². The molecule has 1 atom stereocenters. The van der Waals surface area contributed by atoms with E-state index >= 15 is 0 Å². The molecule has 1 fully saturated rings. The molecular formula is C20H25BrF2O4. The number of benzene rings is 1. The molecule has 2 rings (SSSR count). The second kappa shape index (κ2) is 9.13. The highest BCUT2D eigenvalue weighted by atomic mass is 79.9. The number of carbonyl (C=O) groups excluding carboxylic acids is 2. The molecule has 1 aliphatic rings. The average molecular weight is 447 g/mol. The van der Waals surface area contributed by atoms with Crippen LogP contribution in [-0.2, 0) is 14.3 Å². The SMILES string of the molecule is CC(C)(Br)C(CC(F)(F)C(=O)OC1CCCCC1)OC(=O)c1ccccc1. The van der Waals surface area contributed by atoms with E-state index in [0.717, 1.165) is 19.3 Å². The Labute approximate surface area is 166 Å². The molecule has 7 heteroatoms. The van der Waals surface area contributed by atoms with Gasteiger partial charge in [-0.05, 0) is 51.7 Å². The number of hydrogen-bond acceptors (Lipinski definition) is 4. The normalized spacial score (nSPS) is 17.2. The van der Waals surface area contributed by atoms with Gasteiger partial charge in [0.25, 0.3) is 0 Å². The van der Waals surface area contributed by atoms with Crippen molar-refractivity contribution in [2.75, 3.05) is 0 Å². The lowest BCUT2D eigenvalue weighted by Crippen LogP contribution is -2.44. The van der Waals surface area contributed by atoms with Gasteiger partial charge in [-0.1, -0.05) is 40.5 Å². The summed E-state index contributed by atoms with van der Waals surface area (Å²) in [5.41, 5.74) is 0.257. The fraction of sp³-hybridized carbons (Fsp3) is 0.600. The summed E-state index contributed by atoms with van der Waals surface area (Å²) in [7, 11) is 0. The van der Waals surface area contributed by atoms with Gasteiger partial charge in [-0.3, -0.25) is 0 Å². The van der Waals surface area contributed by atoms with Crippen LogP contribution in [-0.4, -0.2) is 34.4 Å². The number of hydrogen-bond donors (Lipinski definition) is 0. The van der Waals surface area contributed by atoms with Gasteiger partial charge in [-0.2, -0.15) is 8.78 Å². The van der Waals surface area contributed by atoms with E-state index < -0.39 is 40.8 Å². The summed E-state index contributed by atoms with van der Waals surface area (Å²) in [5.74, 6) is -6.01. The van der Waals surface area contributed by atoms with Crippen LogP contribution in [0.15, 0.2) is 30.3 Å². The van der Waals surface area contributed by atoms with Crippen LogP contribution in [0.25, 0.3) is 0 Å². The van der Waals surface area contributed by atoms with Gasteiger partial charge < -0.3 is 9.47 Å². The van der Waals surface area contributed by atoms with E-state index in [9.17, 15) is 18.4 Å². The second-order valence-electron chi connectivity index (χ2n) is 7.40. The summed E-state index contributed by atoms with van der Waals surface area (Å²) >= 11 is 3.28. The van der Waals surface area contributed by atoms with Crippen molar-refractivity contribution < 1.29 is 27.8 Å². The van der Waals surface area contributed by atoms with Gasteiger partial charge in [0, 0.05) is 0 Å². The maximum Gasteiger partial charge on any atom is 0.377 e. The molecule has 0 heterocycles. The molecule has 27 heavy (non-hydrogen) atoms. The molecule has 1 aromatic rings. The quantitative estimate of drug-likeness (QED) is 0.421. The Morgan fingerprint density at radius 3 is 2.30 bits per heavy atom. The largest absolute Gasteiger partial charge is 0.458 e. The number of rotatable bonds is 7. The van der Waals surface area contributed by atoms with Gasteiger partial charge in [-0.25, -0.2) is 9.59 Å². The third-order valence-electron chi connectivity index (χ3n) is 4.59. The van der Waals surface area contributed by atoms with Crippen molar-refractivity contribution in [1.29, 1.82) is 0 Å². The van der Waals surface area contributed by atoms with E-state index in [1.54, 1.807) is 32.0 Å². The van der Waals surface area contributed by atoms with Crippen LogP contribution in [0, 0.1) is 0 Å². The predicted octanol–water partition coefficient (Wildman–Crippen LogP) is 5.29. The zero-order valence-corrected chi connectivity index (χ0v) is 17.1. The standard InChI is InChI=1S/C20H25BrF2O4/c1-19(2,21)16(27-17(24)14-9-5-3-6-10-14)13-20(22,23)18(25)26-15-11-7-4-8-12-15/h3,5-6,9-10,15-16H,4,7-8,11-13H2,1-2H3. The molecule has 0 amide bonds. The molecule has 0 aliphatic heterocycles. The van der Waals surface area contributed by atoms with Crippen LogP contribution >= 0.6 is 15.9 Å². The van der Waals surface area contributed by atoms with Crippen molar-refractivity contribution in [3.05, 3.63) is 35.9 Å². The van der Waals surface area contributed by atoms with Crippen molar-refractivity contribution >= 4 is 27.9 Å². The Hall–Kier alpha value is -1.50. The first kappa shape index (κ1) is 21.8. The van der Waals surface area contributed by atoms with Crippen molar-refractivity contribution in [3.8, 4) is 0 Å². The van der Waals surface area contributed by atoms with Gasteiger partial charge in [0.15, 0.2) is 0 Å². The third-order valence-corrected chi connectivity index (χ3v) is 5.10. The van der Waals surface area contributed by atoms with E-state index in [4.69, 9.17) is 9.47 Å². The minimum Gasteiger partial charge on any atom is -0.458 e. The molecule has 0 aromatic heterocycles. The van der Waals surface area contributed by atoms with Crippen LogP contribution in [0.5, 0.6) is 0 Å². The van der Waals surface area contributed by atoms with Crippen LogP contribution < -0.4 is 0 Å². The first-order valence-corrected chi connectivity index (χ1v) is 9.93. The van der Waals surface area contributed by atoms with E-state index in [0.29, 0.717) is 12.8 Å². The highest BCUT2D eigenvalue weighted by Gasteiger charge is 2.48. The lowest BCUT2D eigenvalue weighted by Gasteiger charge is -2.31. The lowest BCUT2D eigenvalue weighted by atomic mass is 9.97. The number of ether oxygens (including phenoxy) is 2. The molecule has 4 nitrogen and oxygen atoms in total. The Kier molecular flexibility index (Phi) is 7.37. The van der Waals surface area contributed by atoms with Gasteiger partial charge in [-0.15, -0.1) is 0 Å². The summed E-state index contributed by atoms with van der Waals surface area (Å²) in [4.78, 5) is 24.3. The highest BCUT2D eigenvalue weighted by Crippen LogP contribution is 2.34. The Morgan fingerprint density at radius 2 is 1.74 bits per heavy atom. The van der Waals surface area contributed by atoms with E-state index in [1.807, 2.05) is 0 Å². The third kappa shape index (κ3) is 6.55. The minimum absolute atomic E-state index is 0.257. The van der Waals surface area contributed by atoms with Crippen LogP contribution in [0.3, 0.4) is 0 Å². The van der Waals surface area contributed by atoms with Crippen molar-refractivity contribution in [2.45, 2.75) is 74.8 Å². The molecule has 0 spiro atoms. The van der Waals surface area contributed by atoms with Gasteiger partial charge in [0.1, 0.15) is 12.2 Å². The van der Waals surface area contributed by atoms with Crippen molar-refractivity contribution in [1.82, 2.24) is 0 Å². The molecule has 150 valence electrons. The number of alkyl halides is 3. The number of halogens is 3. The summed E-state index contributed by atoms with van der Waals surface area (Å²) in [6.45, 7) is 3.22. The Balaban J connectivity index is 2.05. The lowest BCUT2D eigenvalue weighted by molar-refractivity contribution is -0.183.